The van der Waals surface area contributed by atoms with Gasteiger partial charge in [0.2, 0.25) is 0 Å². The molecule has 2 rings (SSSR count). The van der Waals surface area contributed by atoms with Gasteiger partial charge in [-0.15, -0.1) is 11.6 Å². The standard InChI is InChI=1S/C13H12BrClN2/c14-12-5-10(7-16-9-12)8-17-13-4-2-1-3-11(13)6-15/h1-5,7,9,17H,6,8H2. The van der Waals surface area contributed by atoms with Gasteiger partial charge >= 0.3 is 0 Å². The summed E-state index contributed by atoms with van der Waals surface area (Å²) >= 11 is 9.28. The zero-order valence-electron chi connectivity index (χ0n) is 9.16. The molecule has 0 aliphatic heterocycles. The van der Waals surface area contributed by atoms with Crippen LogP contribution in [0.3, 0.4) is 0 Å². The normalized spacial score (nSPS) is 10.2. The van der Waals surface area contributed by atoms with Gasteiger partial charge in [-0.05, 0) is 39.2 Å². The van der Waals surface area contributed by atoms with E-state index < -0.39 is 0 Å². The third kappa shape index (κ3) is 3.45. The summed E-state index contributed by atoms with van der Waals surface area (Å²) in [5, 5.41) is 3.36. The molecule has 2 aromatic rings. The Morgan fingerprint density at radius 2 is 2.06 bits per heavy atom. The number of rotatable bonds is 4. The Kier molecular flexibility index (Phi) is 4.40. The van der Waals surface area contributed by atoms with Crippen molar-refractivity contribution in [1.29, 1.82) is 0 Å². The van der Waals surface area contributed by atoms with E-state index in [0.29, 0.717) is 5.88 Å². The molecule has 1 N–H and O–H groups in total. The van der Waals surface area contributed by atoms with E-state index in [9.17, 15) is 0 Å². The lowest BCUT2D eigenvalue weighted by Gasteiger charge is -2.10. The summed E-state index contributed by atoms with van der Waals surface area (Å²) in [6.45, 7) is 0.736. The number of hydrogen-bond donors (Lipinski definition) is 1. The summed E-state index contributed by atoms with van der Waals surface area (Å²) in [6.07, 6.45) is 3.62. The van der Waals surface area contributed by atoms with Crippen molar-refractivity contribution in [1.82, 2.24) is 4.98 Å². The van der Waals surface area contributed by atoms with Crippen molar-refractivity contribution in [3.05, 3.63) is 58.3 Å². The van der Waals surface area contributed by atoms with Gasteiger partial charge in [0.15, 0.2) is 0 Å². The van der Waals surface area contributed by atoms with Crippen molar-refractivity contribution in [3.8, 4) is 0 Å². The molecule has 0 unspecified atom stereocenters. The maximum atomic E-state index is 5.88. The molecule has 0 amide bonds. The maximum absolute atomic E-state index is 5.88. The number of anilines is 1. The molecule has 1 aromatic heterocycles. The minimum atomic E-state index is 0.514. The summed E-state index contributed by atoms with van der Waals surface area (Å²) in [4.78, 5) is 4.13. The Morgan fingerprint density at radius 1 is 1.24 bits per heavy atom. The van der Waals surface area contributed by atoms with Gasteiger partial charge in [0, 0.05) is 35.0 Å². The van der Waals surface area contributed by atoms with Gasteiger partial charge in [-0.3, -0.25) is 4.98 Å². The van der Waals surface area contributed by atoms with Gasteiger partial charge in [-0.2, -0.15) is 0 Å². The highest BCUT2D eigenvalue weighted by Crippen LogP contribution is 2.18. The van der Waals surface area contributed by atoms with Crippen LogP contribution in [0, 0.1) is 0 Å². The monoisotopic (exact) mass is 310 g/mol. The molecule has 1 aromatic carbocycles. The highest BCUT2D eigenvalue weighted by Gasteiger charge is 2.00. The van der Waals surface area contributed by atoms with E-state index >= 15 is 0 Å². The summed E-state index contributed by atoms with van der Waals surface area (Å²) in [5.74, 6) is 0.514. The molecular weight excluding hydrogens is 300 g/mol. The number of pyridine rings is 1. The zero-order valence-corrected chi connectivity index (χ0v) is 11.5. The van der Waals surface area contributed by atoms with E-state index in [0.717, 1.165) is 27.8 Å². The Morgan fingerprint density at radius 3 is 2.82 bits per heavy atom. The molecule has 4 heteroatoms. The Hall–Kier alpha value is -1.06. The number of para-hydroxylation sites is 1. The van der Waals surface area contributed by atoms with E-state index in [2.05, 4.69) is 26.2 Å². The zero-order chi connectivity index (χ0) is 12.1. The number of alkyl halides is 1. The fourth-order valence-electron chi connectivity index (χ4n) is 1.56. The Balaban J connectivity index is 2.07. The average Bonchev–Trinajstić information content (AvgIpc) is 2.37. The quantitative estimate of drug-likeness (QED) is 0.856. The first-order chi connectivity index (χ1) is 8.29. The van der Waals surface area contributed by atoms with Crippen molar-refractivity contribution in [2.24, 2.45) is 0 Å². The summed E-state index contributed by atoms with van der Waals surface area (Å²) in [5.41, 5.74) is 3.31. The lowest BCUT2D eigenvalue weighted by Crippen LogP contribution is -2.02. The largest absolute Gasteiger partial charge is 0.381 e. The number of halogens is 2. The molecule has 1 heterocycles. The van der Waals surface area contributed by atoms with Gasteiger partial charge in [0.05, 0.1) is 0 Å². The molecule has 2 nitrogen and oxygen atoms in total. The number of hydrogen-bond acceptors (Lipinski definition) is 2. The summed E-state index contributed by atoms with van der Waals surface area (Å²) in [7, 11) is 0. The van der Waals surface area contributed by atoms with Crippen molar-refractivity contribution >= 4 is 33.2 Å². The predicted octanol–water partition coefficient (Wildman–Crippen LogP) is 4.20. The molecule has 0 radical (unpaired) electrons. The molecule has 0 fully saturated rings. The maximum Gasteiger partial charge on any atom is 0.0494 e. The lowest BCUT2D eigenvalue weighted by molar-refractivity contribution is 1.10. The second kappa shape index (κ2) is 6.03. The fraction of sp³-hybridized carbons (Fsp3) is 0.154. The van der Waals surface area contributed by atoms with Gasteiger partial charge in [0.25, 0.3) is 0 Å². The first-order valence-electron chi connectivity index (χ1n) is 5.27. The van der Waals surface area contributed by atoms with Crippen LogP contribution in [0.2, 0.25) is 0 Å². The second-order valence-corrected chi connectivity index (χ2v) is 4.84. The molecule has 0 aliphatic rings. The van der Waals surface area contributed by atoms with Gasteiger partial charge in [-0.1, -0.05) is 18.2 Å². The lowest BCUT2D eigenvalue weighted by atomic mass is 10.2. The van der Waals surface area contributed by atoms with Crippen LogP contribution in [0.5, 0.6) is 0 Å². The highest BCUT2D eigenvalue weighted by molar-refractivity contribution is 9.10. The van der Waals surface area contributed by atoms with Crippen molar-refractivity contribution in [2.75, 3.05) is 5.32 Å². The topological polar surface area (TPSA) is 24.9 Å². The molecule has 0 saturated carbocycles. The summed E-state index contributed by atoms with van der Waals surface area (Å²) < 4.78 is 0.988. The van der Waals surface area contributed by atoms with Crippen LogP contribution in [0.4, 0.5) is 5.69 Å². The van der Waals surface area contributed by atoms with E-state index in [1.54, 1.807) is 6.20 Å². The molecule has 0 saturated heterocycles. The number of nitrogens with one attached hydrogen (secondary N) is 1. The first-order valence-corrected chi connectivity index (χ1v) is 6.59. The second-order valence-electron chi connectivity index (χ2n) is 3.66. The van der Waals surface area contributed by atoms with E-state index in [4.69, 9.17) is 11.6 Å². The number of aromatic nitrogens is 1. The predicted molar refractivity (Wildman–Crippen MR) is 75.3 cm³/mol. The molecular formula is C13H12BrClN2. The molecule has 17 heavy (non-hydrogen) atoms. The van der Waals surface area contributed by atoms with Gasteiger partial charge in [0.1, 0.15) is 0 Å². The van der Waals surface area contributed by atoms with Crippen LogP contribution in [0.1, 0.15) is 11.1 Å². The van der Waals surface area contributed by atoms with E-state index in [-0.39, 0.29) is 0 Å². The van der Waals surface area contributed by atoms with Crippen LogP contribution in [0.25, 0.3) is 0 Å². The molecule has 0 bridgehead atoms. The van der Waals surface area contributed by atoms with E-state index in [1.165, 1.54) is 0 Å². The first kappa shape index (κ1) is 12.4. The minimum absolute atomic E-state index is 0.514. The van der Waals surface area contributed by atoms with Crippen LogP contribution in [-0.4, -0.2) is 4.98 Å². The van der Waals surface area contributed by atoms with Crippen LogP contribution >= 0.6 is 27.5 Å². The number of benzene rings is 1. The van der Waals surface area contributed by atoms with Crippen molar-refractivity contribution in [2.45, 2.75) is 12.4 Å². The third-order valence-corrected chi connectivity index (χ3v) is 3.13. The SMILES string of the molecule is ClCc1ccccc1NCc1cncc(Br)c1. The van der Waals surface area contributed by atoms with Crippen LogP contribution in [-0.2, 0) is 12.4 Å². The molecule has 0 aliphatic carbocycles. The number of nitrogens with zero attached hydrogens (tertiary/aromatic N) is 1. The van der Waals surface area contributed by atoms with Crippen LogP contribution < -0.4 is 5.32 Å². The molecule has 88 valence electrons. The Labute approximate surface area is 114 Å². The Bertz CT molecular complexity index is 502. The van der Waals surface area contributed by atoms with Crippen molar-refractivity contribution < 1.29 is 0 Å². The fourth-order valence-corrected chi connectivity index (χ4v) is 2.20. The highest BCUT2D eigenvalue weighted by atomic mass is 79.9. The molecule has 0 atom stereocenters. The van der Waals surface area contributed by atoms with Crippen LogP contribution in [0.15, 0.2) is 47.2 Å². The molecule has 0 spiro atoms. The minimum Gasteiger partial charge on any atom is -0.381 e. The smallest absolute Gasteiger partial charge is 0.0494 e. The third-order valence-electron chi connectivity index (χ3n) is 2.41. The summed E-state index contributed by atoms with van der Waals surface area (Å²) in [6, 6.07) is 10.1. The van der Waals surface area contributed by atoms with E-state index in [1.807, 2.05) is 36.5 Å². The van der Waals surface area contributed by atoms with Gasteiger partial charge < -0.3 is 5.32 Å². The average molecular weight is 312 g/mol. The van der Waals surface area contributed by atoms with Gasteiger partial charge in [-0.25, -0.2) is 0 Å². The van der Waals surface area contributed by atoms with Crippen molar-refractivity contribution in [3.63, 3.8) is 0 Å².